The second kappa shape index (κ2) is 9.35. The Hall–Kier alpha value is -2.38. The number of benzene rings is 2. The Morgan fingerprint density at radius 3 is 2.54 bits per heavy atom. The summed E-state index contributed by atoms with van der Waals surface area (Å²) in [4.78, 5) is 24.0. The van der Waals surface area contributed by atoms with Crippen molar-refractivity contribution in [3.8, 4) is 5.75 Å². The van der Waals surface area contributed by atoms with Gasteiger partial charge in [-0.25, -0.2) is 0 Å². The maximum Gasteiger partial charge on any atom is 0.259 e. The number of carbonyl (C=O) groups excluding carboxylic acids is 2. The molecule has 0 aliphatic heterocycles. The normalized spacial score (nSPS) is 10.3. The van der Waals surface area contributed by atoms with E-state index in [-0.39, 0.29) is 11.8 Å². The second-order valence-electron chi connectivity index (χ2n) is 5.65. The summed E-state index contributed by atoms with van der Waals surface area (Å²) >= 11 is 3.37. The lowest BCUT2D eigenvalue weighted by molar-refractivity contribution is -0.114. The Labute approximate surface area is 161 Å². The molecule has 6 nitrogen and oxygen atoms in total. The lowest BCUT2D eigenvalue weighted by Gasteiger charge is -2.13. The quantitative estimate of drug-likeness (QED) is 0.663. The Morgan fingerprint density at radius 1 is 1.08 bits per heavy atom. The van der Waals surface area contributed by atoms with E-state index < -0.39 is 0 Å². The van der Waals surface area contributed by atoms with Gasteiger partial charge in [0.1, 0.15) is 12.4 Å². The first-order valence-electron chi connectivity index (χ1n) is 8.01. The van der Waals surface area contributed by atoms with Crippen molar-refractivity contribution in [2.75, 3.05) is 31.0 Å². The lowest BCUT2D eigenvalue weighted by atomic mass is 10.1. The summed E-state index contributed by atoms with van der Waals surface area (Å²) < 4.78 is 11.4. The minimum Gasteiger partial charge on any atom is -0.490 e. The van der Waals surface area contributed by atoms with Gasteiger partial charge in [0.2, 0.25) is 5.91 Å². The van der Waals surface area contributed by atoms with Crippen LogP contribution in [-0.2, 0) is 9.53 Å². The topological polar surface area (TPSA) is 76.7 Å². The molecule has 2 aromatic rings. The van der Waals surface area contributed by atoms with E-state index in [9.17, 15) is 9.59 Å². The van der Waals surface area contributed by atoms with Crippen LogP contribution >= 0.6 is 15.9 Å². The predicted octanol–water partition coefficient (Wildman–Crippen LogP) is 3.99. The number of rotatable bonds is 7. The number of halogens is 1. The van der Waals surface area contributed by atoms with Gasteiger partial charge in [0.25, 0.3) is 5.91 Å². The summed E-state index contributed by atoms with van der Waals surface area (Å²) in [6, 6.07) is 10.6. The van der Waals surface area contributed by atoms with Gasteiger partial charge in [-0.05, 0) is 42.8 Å². The molecule has 0 bridgehead atoms. The molecule has 26 heavy (non-hydrogen) atoms. The fourth-order valence-electron chi connectivity index (χ4n) is 2.26. The van der Waals surface area contributed by atoms with Crippen molar-refractivity contribution in [3.63, 3.8) is 0 Å². The van der Waals surface area contributed by atoms with E-state index >= 15 is 0 Å². The van der Waals surface area contributed by atoms with E-state index in [4.69, 9.17) is 9.47 Å². The van der Waals surface area contributed by atoms with E-state index in [1.165, 1.54) is 6.92 Å². The number of hydrogen-bond acceptors (Lipinski definition) is 4. The van der Waals surface area contributed by atoms with Gasteiger partial charge in [0.15, 0.2) is 0 Å². The zero-order valence-electron chi connectivity index (χ0n) is 14.9. The minimum absolute atomic E-state index is 0.169. The fourth-order valence-corrected chi connectivity index (χ4v) is 2.62. The van der Waals surface area contributed by atoms with Gasteiger partial charge in [0.05, 0.1) is 12.2 Å². The van der Waals surface area contributed by atoms with Crippen LogP contribution in [0.2, 0.25) is 0 Å². The van der Waals surface area contributed by atoms with Crippen LogP contribution in [-0.4, -0.2) is 32.1 Å². The van der Waals surface area contributed by atoms with Crippen LogP contribution in [0, 0.1) is 6.92 Å². The lowest BCUT2D eigenvalue weighted by Crippen LogP contribution is -2.15. The summed E-state index contributed by atoms with van der Waals surface area (Å²) in [7, 11) is 1.59. The average Bonchev–Trinajstić information content (AvgIpc) is 2.59. The average molecular weight is 421 g/mol. The summed E-state index contributed by atoms with van der Waals surface area (Å²) in [6.07, 6.45) is 0. The van der Waals surface area contributed by atoms with Crippen molar-refractivity contribution in [3.05, 3.63) is 52.0 Å². The predicted molar refractivity (Wildman–Crippen MR) is 105 cm³/mol. The van der Waals surface area contributed by atoms with Crippen molar-refractivity contribution < 1.29 is 19.1 Å². The van der Waals surface area contributed by atoms with Gasteiger partial charge in [-0.3, -0.25) is 9.59 Å². The molecular formula is C19H21BrN2O4. The van der Waals surface area contributed by atoms with Gasteiger partial charge in [0, 0.05) is 29.9 Å². The molecule has 2 amide bonds. The molecule has 0 aliphatic carbocycles. The Morgan fingerprint density at radius 2 is 1.85 bits per heavy atom. The monoisotopic (exact) mass is 420 g/mol. The molecule has 0 unspecified atom stereocenters. The van der Waals surface area contributed by atoms with E-state index in [1.807, 2.05) is 13.0 Å². The minimum atomic E-state index is -0.309. The molecule has 0 heterocycles. The molecule has 0 saturated heterocycles. The van der Waals surface area contributed by atoms with Gasteiger partial charge in [-0.1, -0.05) is 22.0 Å². The van der Waals surface area contributed by atoms with Crippen molar-refractivity contribution in [1.29, 1.82) is 0 Å². The summed E-state index contributed by atoms with van der Waals surface area (Å²) in [5.41, 5.74) is 2.54. The van der Waals surface area contributed by atoms with E-state index in [0.29, 0.717) is 35.9 Å². The zero-order valence-corrected chi connectivity index (χ0v) is 16.5. The van der Waals surface area contributed by atoms with Gasteiger partial charge < -0.3 is 20.1 Å². The van der Waals surface area contributed by atoms with E-state index in [1.54, 1.807) is 37.4 Å². The van der Waals surface area contributed by atoms with E-state index in [0.717, 1.165) is 10.0 Å². The molecule has 0 aromatic heterocycles. The standard InChI is InChI=1S/C19H21BrN2O4/c1-12-4-6-15(11-17(12)21-13(2)23)22-19(24)16-10-14(20)5-7-18(16)26-9-8-25-3/h4-7,10-11H,8-9H2,1-3H3,(H,21,23)(H,22,24). The Kier molecular flexibility index (Phi) is 7.17. The maximum atomic E-state index is 12.7. The molecular weight excluding hydrogens is 400 g/mol. The first-order chi connectivity index (χ1) is 12.4. The maximum absolute atomic E-state index is 12.7. The van der Waals surface area contributed by atoms with Crippen molar-refractivity contribution in [2.24, 2.45) is 0 Å². The highest BCUT2D eigenvalue weighted by atomic mass is 79.9. The van der Waals surface area contributed by atoms with Crippen LogP contribution < -0.4 is 15.4 Å². The smallest absolute Gasteiger partial charge is 0.259 e. The highest BCUT2D eigenvalue weighted by Gasteiger charge is 2.14. The molecule has 2 aromatic carbocycles. The number of nitrogens with one attached hydrogen (secondary N) is 2. The van der Waals surface area contributed by atoms with Crippen LogP contribution in [0.4, 0.5) is 11.4 Å². The molecule has 2 N–H and O–H groups in total. The zero-order chi connectivity index (χ0) is 19.1. The second-order valence-corrected chi connectivity index (χ2v) is 6.56. The van der Waals surface area contributed by atoms with Crippen LogP contribution in [0.5, 0.6) is 5.75 Å². The molecule has 0 aliphatic rings. The van der Waals surface area contributed by atoms with Crippen LogP contribution in [0.3, 0.4) is 0 Å². The van der Waals surface area contributed by atoms with Crippen molar-refractivity contribution in [1.82, 2.24) is 0 Å². The molecule has 0 saturated carbocycles. The summed E-state index contributed by atoms with van der Waals surface area (Å²) in [5.74, 6) is -0.00862. The Bertz CT molecular complexity index is 808. The first kappa shape index (κ1) is 19.9. The summed E-state index contributed by atoms with van der Waals surface area (Å²) in [6.45, 7) is 4.09. The molecule has 138 valence electrons. The Balaban J connectivity index is 2.21. The van der Waals surface area contributed by atoms with Gasteiger partial charge >= 0.3 is 0 Å². The van der Waals surface area contributed by atoms with Crippen LogP contribution in [0.1, 0.15) is 22.8 Å². The number of amides is 2. The highest BCUT2D eigenvalue weighted by Crippen LogP contribution is 2.26. The van der Waals surface area contributed by atoms with Gasteiger partial charge in [-0.2, -0.15) is 0 Å². The number of hydrogen-bond donors (Lipinski definition) is 2. The molecule has 0 radical (unpaired) electrons. The van der Waals surface area contributed by atoms with Crippen molar-refractivity contribution in [2.45, 2.75) is 13.8 Å². The third-order valence-electron chi connectivity index (χ3n) is 3.54. The van der Waals surface area contributed by atoms with E-state index in [2.05, 4.69) is 26.6 Å². The molecule has 7 heteroatoms. The number of ether oxygens (including phenoxy) is 2. The molecule has 2 rings (SSSR count). The molecule has 0 spiro atoms. The molecule has 0 atom stereocenters. The SMILES string of the molecule is COCCOc1ccc(Br)cc1C(=O)Nc1ccc(C)c(NC(C)=O)c1. The third-order valence-corrected chi connectivity index (χ3v) is 4.03. The summed E-state index contributed by atoms with van der Waals surface area (Å²) in [5, 5.41) is 5.58. The van der Waals surface area contributed by atoms with Crippen LogP contribution in [0.25, 0.3) is 0 Å². The third kappa shape index (κ3) is 5.57. The number of methoxy groups -OCH3 is 1. The largest absolute Gasteiger partial charge is 0.490 e. The van der Waals surface area contributed by atoms with Gasteiger partial charge in [-0.15, -0.1) is 0 Å². The highest BCUT2D eigenvalue weighted by molar-refractivity contribution is 9.10. The number of aryl methyl sites for hydroxylation is 1. The van der Waals surface area contributed by atoms with Crippen LogP contribution in [0.15, 0.2) is 40.9 Å². The fraction of sp³-hybridized carbons (Fsp3) is 0.263. The number of carbonyl (C=O) groups is 2. The number of anilines is 2. The van der Waals surface area contributed by atoms with Crippen molar-refractivity contribution >= 4 is 39.1 Å². The molecule has 0 fully saturated rings. The first-order valence-corrected chi connectivity index (χ1v) is 8.81.